The number of benzene rings is 2. The van der Waals surface area contributed by atoms with Crippen LogP contribution >= 0.6 is 0 Å². The highest BCUT2D eigenvalue weighted by Gasteiger charge is 2.12. The van der Waals surface area contributed by atoms with E-state index >= 15 is 0 Å². The van der Waals surface area contributed by atoms with Gasteiger partial charge in [-0.25, -0.2) is 0 Å². The predicted octanol–water partition coefficient (Wildman–Crippen LogP) is 4.19. The number of nitrogens with one attached hydrogen (secondary N) is 1. The first-order valence-electron chi connectivity index (χ1n) is 6.78. The molecule has 2 aromatic heterocycles. The van der Waals surface area contributed by atoms with Gasteiger partial charge in [0.15, 0.2) is 0 Å². The lowest BCUT2D eigenvalue weighted by Gasteiger charge is -1.95. The molecule has 0 aliphatic carbocycles. The highest BCUT2D eigenvalue weighted by molar-refractivity contribution is 5.84. The molecule has 4 aromatic rings. The van der Waals surface area contributed by atoms with Gasteiger partial charge < -0.3 is 9.40 Å². The molecule has 0 spiro atoms. The van der Waals surface area contributed by atoms with Crippen molar-refractivity contribution < 1.29 is 4.42 Å². The minimum Gasteiger partial charge on any atom is -0.415 e. The van der Waals surface area contributed by atoms with Crippen LogP contribution in [0.2, 0.25) is 0 Å². The molecule has 0 saturated heterocycles. The van der Waals surface area contributed by atoms with Gasteiger partial charge in [-0.15, -0.1) is 10.2 Å². The Kier molecular flexibility index (Phi) is 2.60. The minimum atomic E-state index is 0.502. The maximum Gasteiger partial charge on any atom is 0.264 e. The lowest BCUT2D eigenvalue weighted by molar-refractivity contribution is 0.583. The van der Waals surface area contributed by atoms with E-state index in [1.807, 2.05) is 61.5 Å². The molecular weight excluding hydrogens is 262 g/mol. The van der Waals surface area contributed by atoms with Crippen LogP contribution in [0.4, 0.5) is 0 Å². The smallest absolute Gasteiger partial charge is 0.264 e. The lowest BCUT2D eigenvalue weighted by atomic mass is 10.1. The van der Waals surface area contributed by atoms with E-state index in [2.05, 4.69) is 15.2 Å². The summed E-state index contributed by atoms with van der Waals surface area (Å²) in [4.78, 5) is 3.29. The maximum absolute atomic E-state index is 5.77. The fourth-order valence-corrected chi connectivity index (χ4v) is 2.33. The van der Waals surface area contributed by atoms with E-state index < -0.39 is 0 Å². The summed E-state index contributed by atoms with van der Waals surface area (Å²) < 4.78 is 5.77. The number of hydrogen-bond donors (Lipinski definition) is 1. The van der Waals surface area contributed by atoms with Crippen molar-refractivity contribution >= 4 is 10.9 Å². The fraction of sp³-hybridized carbons (Fsp3) is 0.0588. The molecule has 0 saturated carbocycles. The van der Waals surface area contributed by atoms with Crippen molar-refractivity contribution in [3.63, 3.8) is 0 Å². The van der Waals surface area contributed by atoms with Crippen LogP contribution in [0.5, 0.6) is 0 Å². The van der Waals surface area contributed by atoms with Crippen molar-refractivity contribution in [2.45, 2.75) is 6.92 Å². The van der Waals surface area contributed by atoms with Gasteiger partial charge >= 0.3 is 0 Å². The van der Waals surface area contributed by atoms with E-state index in [0.29, 0.717) is 11.8 Å². The Morgan fingerprint density at radius 2 is 1.67 bits per heavy atom. The van der Waals surface area contributed by atoms with Gasteiger partial charge in [0.2, 0.25) is 5.89 Å². The number of rotatable bonds is 2. The van der Waals surface area contributed by atoms with Gasteiger partial charge in [0, 0.05) is 16.5 Å². The zero-order chi connectivity index (χ0) is 14.2. The molecule has 4 heteroatoms. The Labute approximate surface area is 121 Å². The number of hydrogen-bond acceptors (Lipinski definition) is 3. The van der Waals surface area contributed by atoms with Crippen LogP contribution in [0.25, 0.3) is 33.9 Å². The Morgan fingerprint density at radius 3 is 2.48 bits per heavy atom. The van der Waals surface area contributed by atoms with E-state index in [0.717, 1.165) is 22.2 Å². The quantitative estimate of drug-likeness (QED) is 0.596. The van der Waals surface area contributed by atoms with E-state index in [-0.39, 0.29) is 0 Å². The Hall–Kier alpha value is -2.88. The summed E-state index contributed by atoms with van der Waals surface area (Å²) in [5, 5.41) is 9.39. The number of aromatic amines is 1. The zero-order valence-corrected chi connectivity index (χ0v) is 11.5. The van der Waals surface area contributed by atoms with Crippen molar-refractivity contribution in [2.24, 2.45) is 0 Å². The van der Waals surface area contributed by atoms with Gasteiger partial charge in [-0.3, -0.25) is 0 Å². The van der Waals surface area contributed by atoms with Crippen LogP contribution in [-0.4, -0.2) is 15.2 Å². The topological polar surface area (TPSA) is 54.7 Å². The van der Waals surface area contributed by atoms with Crippen molar-refractivity contribution in [3.8, 4) is 23.0 Å². The number of nitrogens with zero attached hydrogens (tertiary/aromatic N) is 2. The first kappa shape index (κ1) is 11.9. The molecule has 0 fully saturated rings. The highest BCUT2D eigenvalue weighted by Crippen LogP contribution is 2.26. The monoisotopic (exact) mass is 275 g/mol. The summed E-state index contributed by atoms with van der Waals surface area (Å²) in [6.07, 6.45) is 0. The Bertz CT molecular complexity index is 870. The van der Waals surface area contributed by atoms with Crippen LogP contribution in [0.3, 0.4) is 0 Å². The standard InChI is InChI=1S/C17H13N3O/c1-11-6-8-12(9-7-11)16-19-20-17(21-16)15-10-13-4-2-3-5-14(13)18-15/h2-10,18H,1H3. The average molecular weight is 275 g/mol. The molecule has 4 nitrogen and oxygen atoms in total. The zero-order valence-electron chi connectivity index (χ0n) is 11.5. The summed E-state index contributed by atoms with van der Waals surface area (Å²) in [5.74, 6) is 1.03. The van der Waals surface area contributed by atoms with E-state index in [9.17, 15) is 0 Å². The molecule has 2 aromatic carbocycles. The number of aromatic nitrogens is 3. The molecular formula is C17H13N3O. The van der Waals surface area contributed by atoms with Gasteiger partial charge in [-0.2, -0.15) is 0 Å². The average Bonchev–Trinajstić information content (AvgIpc) is 3.14. The first-order valence-corrected chi connectivity index (χ1v) is 6.78. The summed E-state index contributed by atoms with van der Waals surface area (Å²) in [5.41, 5.74) is 4.02. The molecule has 0 unspecified atom stereocenters. The minimum absolute atomic E-state index is 0.502. The Balaban J connectivity index is 1.75. The third-order valence-corrected chi connectivity index (χ3v) is 3.48. The number of aryl methyl sites for hydroxylation is 1. The molecule has 2 heterocycles. The van der Waals surface area contributed by atoms with Crippen LogP contribution in [0.1, 0.15) is 5.56 Å². The maximum atomic E-state index is 5.77. The van der Waals surface area contributed by atoms with Crippen molar-refractivity contribution in [2.75, 3.05) is 0 Å². The second-order valence-corrected chi connectivity index (χ2v) is 5.05. The van der Waals surface area contributed by atoms with Gasteiger partial charge in [0.1, 0.15) is 5.69 Å². The molecule has 0 bridgehead atoms. The second kappa shape index (κ2) is 4.59. The lowest BCUT2D eigenvalue weighted by Crippen LogP contribution is -1.78. The van der Waals surface area contributed by atoms with E-state index in [4.69, 9.17) is 4.42 Å². The highest BCUT2D eigenvalue weighted by atomic mass is 16.4. The predicted molar refractivity (Wildman–Crippen MR) is 81.8 cm³/mol. The molecule has 0 amide bonds. The third kappa shape index (κ3) is 2.10. The van der Waals surface area contributed by atoms with Gasteiger partial charge in [0.05, 0.1) is 0 Å². The van der Waals surface area contributed by atoms with Crippen LogP contribution in [-0.2, 0) is 0 Å². The van der Waals surface area contributed by atoms with Crippen LogP contribution in [0, 0.1) is 6.92 Å². The SMILES string of the molecule is Cc1ccc(-c2nnc(-c3cc4ccccc4[nH]3)o2)cc1. The molecule has 0 atom stereocenters. The first-order chi connectivity index (χ1) is 10.3. The number of H-pyrrole nitrogens is 1. The summed E-state index contributed by atoms with van der Waals surface area (Å²) in [6.45, 7) is 2.05. The number of para-hydroxylation sites is 1. The van der Waals surface area contributed by atoms with Gasteiger partial charge in [-0.05, 0) is 31.2 Å². The molecule has 0 aliphatic heterocycles. The van der Waals surface area contributed by atoms with Crippen molar-refractivity contribution in [1.82, 2.24) is 15.2 Å². The molecule has 0 radical (unpaired) electrons. The largest absolute Gasteiger partial charge is 0.415 e. The molecule has 0 aliphatic rings. The van der Waals surface area contributed by atoms with Crippen LogP contribution < -0.4 is 0 Å². The van der Waals surface area contributed by atoms with Crippen molar-refractivity contribution in [3.05, 3.63) is 60.2 Å². The fourth-order valence-electron chi connectivity index (χ4n) is 2.33. The molecule has 4 rings (SSSR count). The number of fused-ring (bicyclic) bond motifs is 1. The Morgan fingerprint density at radius 1 is 0.905 bits per heavy atom. The van der Waals surface area contributed by atoms with Crippen molar-refractivity contribution in [1.29, 1.82) is 0 Å². The van der Waals surface area contributed by atoms with Crippen LogP contribution in [0.15, 0.2) is 59.0 Å². The van der Waals surface area contributed by atoms with Gasteiger partial charge in [0.25, 0.3) is 5.89 Å². The van der Waals surface area contributed by atoms with Gasteiger partial charge in [-0.1, -0.05) is 35.9 Å². The van der Waals surface area contributed by atoms with E-state index in [1.54, 1.807) is 0 Å². The molecule has 21 heavy (non-hydrogen) atoms. The summed E-state index contributed by atoms with van der Waals surface area (Å²) in [7, 11) is 0. The van der Waals surface area contributed by atoms with E-state index in [1.165, 1.54) is 5.56 Å². The molecule has 1 N–H and O–H groups in total. The third-order valence-electron chi connectivity index (χ3n) is 3.48. The summed E-state index contributed by atoms with van der Waals surface area (Å²) >= 11 is 0. The molecule has 102 valence electrons. The second-order valence-electron chi connectivity index (χ2n) is 5.05. The normalized spacial score (nSPS) is 11.1. The summed E-state index contributed by atoms with van der Waals surface area (Å²) in [6, 6.07) is 18.1.